The van der Waals surface area contributed by atoms with Crippen molar-refractivity contribution in [3.05, 3.63) is 120 Å². The number of aliphatic hydroxyl groups excluding tert-OH is 1. The first-order valence-electron chi connectivity index (χ1n) is 27.0. The molecule has 0 aromatic carbocycles. The minimum Gasteiger partial charge on any atom is -0.444 e. The number of nitrogens with two attached hydrogens (primary N) is 1. The Morgan fingerprint density at radius 2 is 1.00 bits per heavy atom. The number of hydrogen-bond donors (Lipinski definition) is 4. The average molecular weight is 1160 g/mol. The molecular formula is C59H83Cl2N13O7. The Kier molecular flexibility index (Phi) is 28.0. The number of aromatic nitrogens is 9. The minimum absolute atomic E-state index is 0. The third-order valence-electron chi connectivity index (χ3n) is 14.6. The second-order valence-electron chi connectivity index (χ2n) is 21.1. The maximum Gasteiger partial charge on any atom is 0.410 e. The normalized spacial score (nSPS) is 22.5. The molecule has 12 heterocycles. The fraction of sp³-hybridized carbons (Fsp3) is 0.492. The van der Waals surface area contributed by atoms with Crippen LogP contribution in [0.2, 0.25) is 10.3 Å². The monoisotopic (exact) mass is 1160 g/mol. The molecule has 6 saturated heterocycles. The van der Waals surface area contributed by atoms with Gasteiger partial charge in [0.25, 0.3) is 0 Å². The first kappa shape index (κ1) is 68.9. The number of nitrogen functional groups attached to an aromatic ring is 1. The fourth-order valence-corrected chi connectivity index (χ4v) is 11.7. The number of nitrogens with zero attached hydrogens (tertiary/aromatic N) is 10. The highest BCUT2D eigenvalue weighted by molar-refractivity contribution is 6.32. The van der Waals surface area contributed by atoms with Crippen molar-refractivity contribution >= 4 is 35.1 Å². The quantitative estimate of drug-likeness (QED) is 0.0903. The van der Waals surface area contributed by atoms with E-state index in [0.717, 1.165) is 58.2 Å². The van der Waals surface area contributed by atoms with Crippen LogP contribution in [-0.4, -0.2) is 131 Å². The Hall–Kier alpha value is -6.38. The molecule has 6 aliphatic rings. The molecule has 6 aliphatic heterocycles. The van der Waals surface area contributed by atoms with Gasteiger partial charge in [-0.2, -0.15) is 0 Å². The smallest absolute Gasteiger partial charge is 0.410 e. The van der Waals surface area contributed by atoms with Gasteiger partial charge in [0.1, 0.15) is 40.7 Å². The molecule has 0 spiro atoms. The van der Waals surface area contributed by atoms with E-state index in [0.29, 0.717) is 52.1 Å². The zero-order valence-corrected chi connectivity index (χ0v) is 49.2. The largest absolute Gasteiger partial charge is 0.444 e. The second kappa shape index (κ2) is 32.9. The molecule has 0 radical (unpaired) electrons. The van der Waals surface area contributed by atoms with Gasteiger partial charge < -0.3 is 53.0 Å². The van der Waals surface area contributed by atoms with Crippen molar-refractivity contribution in [2.75, 3.05) is 12.3 Å². The maximum absolute atomic E-state index is 12.7. The number of rotatable bonds is 6. The van der Waals surface area contributed by atoms with Gasteiger partial charge in [-0.25, -0.2) is 49.7 Å². The Labute approximate surface area is 486 Å². The van der Waals surface area contributed by atoms with Crippen molar-refractivity contribution in [2.24, 2.45) is 0 Å². The van der Waals surface area contributed by atoms with Gasteiger partial charge in [0.05, 0.1) is 0 Å². The topological polar surface area (TPSA) is 342 Å². The van der Waals surface area contributed by atoms with E-state index in [9.17, 15) is 4.79 Å². The van der Waals surface area contributed by atoms with E-state index in [1.54, 1.807) is 44.1 Å². The lowest BCUT2D eigenvalue weighted by Crippen LogP contribution is -2.40. The van der Waals surface area contributed by atoms with Crippen molar-refractivity contribution in [3.8, 4) is 45.2 Å². The lowest BCUT2D eigenvalue weighted by Gasteiger charge is -2.28. The summed E-state index contributed by atoms with van der Waals surface area (Å²) in [5.41, 5.74) is 14.6. The van der Waals surface area contributed by atoms with Gasteiger partial charge in [-0.3, -0.25) is 0 Å². The van der Waals surface area contributed by atoms with Gasteiger partial charge in [-0.05, 0) is 134 Å². The first-order valence-corrected chi connectivity index (χ1v) is 27.8. The molecule has 13 N–H and O–H groups in total. The lowest BCUT2D eigenvalue weighted by atomic mass is 9.84. The standard InChI is InChI=1S/C20H25N5O2.2C15H15ClN4.C4H6.C3H8.C2H6O.4H2O/c1-20(2,3)27-19(26)25-14-4-5-17(25)15(7-14)12-6-16(18(21)24-10-12)13-8-22-11-23-9-13;2*16-15-13(10-5-17-8-18-6-10)3-9(7-19-15)12-4-11-1-2-14(12)20-11;1-3-4-2;1-3-2;1-2-3;;;;/h6,8-11,14-15,17H,4-5,7H2,1-3H3,(H2,21,24);2*3,5-8,11-12,14,20H,1-2,4H2;1-2H3;3H2,1-2H3;3H,2H2,1H3;4*1H2. The van der Waals surface area contributed by atoms with Gasteiger partial charge in [0, 0.05) is 150 Å². The zero-order chi connectivity index (χ0) is 55.1. The van der Waals surface area contributed by atoms with Gasteiger partial charge in [0.15, 0.2) is 0 Å². The molecule has 440 valence electrons. The maximum atomic E-state index is 12.7. The summed E-state index contributed by atoms with van der Waals surface area (Å²) in [7, 11) is 0. The molecule has 6 bridgehead atoms. The van der Waals surface area contributed by atoms with Crippen LogP contribution in [-0.2, 0) is 4.74 Å². The molecule has 20 nitrogen and oxygen atoms in total. The second-order valence-corrected chi connectivity index (χ2v) is 21.8. The lowest BCUT2D eigenvalue weighted by molar-refractivity contribution is 0.0212. The van der Waals surface area contributed by atoms with E-state index in [1.165, 1.54) is 75.1 Å². The number of carbonyl (C=O) groups is 1. The fourth-order valence-electron chi connectivity index (χ4n) is 11.3. The highest BCUT2D eigenvalue weighted by Crippen LogP contribution is 2.48. The van der Waals surface area contributed by atoms with Gasteiger partial charge in [-0.15, -0.1) is 11.8 Å². The number of amides is 1. The Bertz CT molecular complexity index is 2780. The van der Waals surface area contributed by atoms with Crippen LogP contribution in [0.5, 0.6) is 0 Å². The predicted octanol–water partition coefficient (Wildman–Crippen LogP) is 8.12. The molecule has 9 atom stereocenters. The summed E-state index contributed by atoms with van der Waals surface area (Å²) in [5.74, 6) is 7.18. The van der Waals surface area contributed by atoms with Gasteiger partial charge in [-0.1, -0.05) is 43.5 Å². The molecule has 1 amide bonds. The van der Waals surface area contributed by atoms with Crippen molar-refractivity contribution in [1.82, 2.24) is 60.4 Å². The number of hydrogen-bond acceptors (Lipinski definition) is 15. The van der Waals surface area contributed by atoms with Crippen LogP contribution in [0.3, 0.4) is 0 Å². The number of anilines is 1. The summed E-state index contributed by atoms with van der Waals surface area (Å²) in [4.78, 5) is 52.1. The van der Waals surface area contributed by atoms with Crippen LogP contribution in [0.1, 0.15) is 154 Å². The molecular weight excluding hydrogens is 1070 g/mol. The van der Waals surface area contributed by atoms with Crippen LogP contribution in [0.25, 0.3) is 33.4 Å². The van der Waals surface area contributed by atoms with Crippen LogP contribution in [0, 0.1) is 11.8 Å². The summed E-state index contributed by atoms with van der Waals surface area (Å²) in [6, 6.07) is 9.33. The summed E-state index contributed by atoms with van der Waals surface area (Å²) >= 11 is 12.5. The summed E-state index contributed by atoms with van der Waals surface area (Å²) in [6.07, 6.45) is 32.3. The number of pyridine rings is 3. The van der Waals surface area contributed by atoms with E-state index in [-0.39, 0.29) is 52.6 Å². The molecule has 81 heavy (non-hydrogen) atoms. The molecule has 0 aliphatic carbocycles. The molecule has 9 unspecified atom stereocenters. The Balaban J connectivity index is 0.000000290. The SMILES string of the molecule is CC#CC.CC(C)(C)OC(=O)N1C2CCC1C(c1cnc(N)c(-c3cncnc3)c1)C2.CCC.CCO.Clc1ncc(C2CC3CCC2N3)cc1-c1cncnc1.Clc1ncc(C2CC3CCC2N3)cc1-c1cncnc1.O.O.O.O. The summed E-state index contributed by atoms with van der Waals surface area (Å²) in [5, 5.41) is 15.9. The summed E-state index contributed by atoms with van der Waals surface area (Å²) in [6.45, 7) is 15.5. The number of carbonyl (C=O) groups excluding carboxylic acids is 1. The highest BCUT2D eigenvalue weighted by atomic mass is 35.5. The third-order valence-corrected chi connectivity index (χ3v) is 15.2. The third kappa shape index (κ3) is 17.8. The van der Waals surface area contributed by atoms with Crippen molar-refractivity contribution < 1.29 is 36.5 Å². The van der Waals surface area contributed by atoms with Crippen LogP contribution >= 0.6 is 23.2 Å². The van der Waals surface area contributed by atoms with Crippen LogP contribution < -0.4 is 16.4 Å². The minimum atomic E-state index is -0.488. The van der Waals surface area contributed by atoms with Crippen LogP contribution in [0.4, 0.5) is 10.6 Å². The molecule has 6 aromatic heterocycles. The van der Waals surface area contributed by atoms with Crippen molar-refractivity contribution in [2.45, 2.75) is 179 Å². The molecule has 6 fully saturated rings. The van der Waals surface area contributed by atoms with E-state index in [1.807, 2.05) is 58.1 Å². The van der Waals surface area contributed by atoms with Crippen LogP contribution in [0.15, 0.2) is 93.0 Å². The number of ether oxygens (including phenoxy) is 1. The van der Waals surface area contributed by atoms with E-state index < -0.39 is 5.60 Å². The van der Waals surface area contributed by atoms with Crippen molar-refractivity contribution in [3.63, 3.8) is 0 Å². The molecule has 12 rings (SSSR count). The molecule has 22 heteroatoms. The van der Waals surface area contributed by atoms with E-state index in [4.69, 9.17) is 38.8 Å². The summed E-state index contributed by atoms with van der Waals surface area (Å²) < 4.78 is 5.63. The number of halogens is 2. The van der Waals surface area contributed by atoms with Gasteiger partial charge >= 0.3 is 6.09 Å². The van der Waals surface area contributed by atoms with E-state index in [2.05, 4.69) is 99.4 Å². The zero-order valence-electron chi connectivity index (χ0n) is 47.7. The predicted molar refractivity (Wildman–Crippen MR) is 319 cm³/mol. The number of fused-ring (bicyclic) bond motifs is 6. The number of nitrogens with one attached hydrogen (secondary N) is 2. The van der Waals surface area contributed by atoms with E-state index >= 15 is 0 Å². The Morgan fingerprint density at radius 1 is 0.617 bits per heavy atom. The van der Waals surface area contributed by atoms with Crippen molar-refractivity contribution in [1.29, 1.82) is 0 Å². The molecule has 0 saturated carbocycles. The number of aliphatic hydroxyl groups is 1. The Morgan fingerprint density at radius 3 is 1.37 bits per heavy atom. The first-order chi connectivity index (χ1) is 37.2. The average Bonchev–Trinajstić information content (AvgIpc) is 4.55. The van der Waals surface area contributed by atoms with Gasteiger partial charge in [0.2, 0.25) is 0 Å². The molecule has 6 aromatic rings. The highest BCUT2D eigenvalue weighted by Gasteiger charge is 2.50.